The van der Waals surface area contributed by atoms with Gasteiger partial charge in [0.2, 0.25) is 5.91 Å². The van der Waals surface area contributed by atoms with Crippen molar-refractivity contribution < 1.29 is 14.7 Å². The number of carboxylic acid groups (broad SMARTS) is 1. The summed E-state index contributed by atoms with van der Waals surface area (Å²) in [5, 5.41) is 9.18. The molecule has 0 aromatic heterocycles. The average Bonchev–Trinajstić information content (AvgIpc) is 2.39. The Morgan fingerprint density at radius 1 is 1.26 bits per heavy atom. The molecule has 1 saturated carbocycles. The highest BCUT2D eigenvalue weighted by Crippen LogP contribution is 2.35. The monoisotopic (exact) mass is 267 g/mol. The van der Waals surface area contributed by atoms with Crippen LogP contribution in [0.5, 0.6) is 0 Å². The summed E-state index contributed by atoms with van der Waals surface area (Å²) in [6.07, 6.45) is 5.52. The Labute approximate surface area is 115 Å². The van der Waals surface area contributed by atoms with E-state index >= 15 is 0 Å². The Hall–Kier alpha value is -1.06. The van der Waals surface area contributed by atoms with Crippen LogP contribution in [-0.2, 0) is 9.59 Å². The fourth-order valence-electron chi connectivity index (χ4n) is 3.70. The Bertz CT molecular complexity index is 353. The van der Waals surface area contributed by atoms with Crippen LogP contribution in [0.1, 0.15) is 52.4 Å². The molecule has 1 aliphatic carbocycles. The number of carbonyl (C=O) groups is 2. The molecular formula is C15H25NO3. The number of carboxylic acids is 1. The molecule has 0 aromatic carbocycles. The SMILES string of the molecule is CC(C)C1CCCCC1N1CC(C(=O)O)CCC1=O. The minimum Gasteiger partial charge on any atom is -0.481 e. The van der Waals surface area contributed by atoms with Crippen LogP contribution in [0, 0.1) is 17.8 Å². The molecule has 3 atom stereocenters. The summed E-state index contributed by atoms with van der Waals surface area (Å²) in [4.78, 5) is 25.2. The molecule has 4 nitrogen and oxygen atoms in total. The van der Waals surface area contributed by atoms with Crippen LogP contribution in [0.2, 0.25) is 0 Å². The minimum atomic E-state index is -0.755. The zero-order chi connectivity index (χ0) is 14.0. The fraction of sp³-hybridized carbons (Fsp3) is 0.867. The summed E-state index contributed by atoms with van der Waals surface area (Å²) in [6.45, 7) is 4.85. The van der Waals surface area contributed by atoms with Gasteiger partial charge in [-0.2, -0.15) is 0 Å². The largest absolute Gasteiger partial charge is 0.481 e. The maximum Gasteiger partial charge on any atom is 0.308 e. The normalized spacial score (nSPS) is 32.7. The van der Waals surface area contributed by atoms with Crippen LogP contribution >= 0.6 is 0 Å². The van der Waals surface area contributed by atoms with Gasteiger partial charge in [-0.1, -0.05) is 26.7 Å². The number of aliphatic carboxylic acids is 1. The highest BCUT2D eigenvalue weighted by Gasteiger charge is 2.39. The maximum atomic E-state index is 12.2. The molecule has 3 unspecified atom stereocenters. The zero-order valence-electron chi connectivity index (χ0n) is 12.0. The van der Waals surface area contributed by atoms with E-state index in [4.69, 9.17) is 0 Å². The van der Waals surface area contributed by atoms with E-state index in [0.717, 1.165) is 12.8 Å². The predicted molar refractivity (Wildman–Crippen MR) is 72.7 cm³/mol. The number of hydrogen-bond acceptors (Lipinski definition) is 2. The molecule has 2 rings (SSSR count). The van der Waals surface area contributed by atoms with Crippen LogP contribution in [0.15, 0.2) is 0 Å². The number of piperidine rings is 1. The average molecular weight is 267 g/mol. The summed E-state index contributed by atoms with van der Waals surface area (Å²) in [5.41, 5.74) is 0. The molecule has 0 spiro atoms. The van der Waals surface area contributed by atoms with Gasteiger partial charge in [0, 0.05) is 19.0 Å². The number of amides is 1. The first-order valence-electron chi connectivity index (χ1n) is 7.53. The minimum absolute atomic E-state index is 0.162. The van der Waals surface area contributed by atoms with E-state index in [-0.39, 0.29) is 17.9 Å². The molecule has 0 aromatic rings. The van der Waals surface area contributed by atoms with Gasteiger partial charge >= 0.3 is 5.97 Å². The molecule has 19 heavy (non-hydrogen) atoms. The highest BCUT2D eigenvalue weighted by molar-refractivity contribution is 5.80. The van der Waals surface area contributed by atoms with E-state index in [0.29, 0.717) is 31.2 Å². The van der Waals surface area contributed by atoms with Crippen LogP contribution in [-0.4, -0.2) is 34.5 Å². The second-order valence-corrected chi connectivity index (χ2v) is 6.38. The summed E-state index contributed by atoms with van der Waals surface area (Å²) >= 11 is 0. The molecule has 1 amide bonds. The van der Waals surface area contributed by atoms with Crippen molar-refractivity contribution in [2.45, 2.75) is 58.4 Å². The molecule has 1 heterocycles. The summed E-state index contributed by atoms with van der Waals surface area (Å²) in [7, 11) is 0. The molecule has 0 bridgehead atoms. The lowest BCUT2D eigenvalue weighted by Gasteiger charge is -2.44. The first-order chi connectivity index (χ1) is 9.00. The molecule has 1 saturated heterocycles. The van der Waals surface area contributed by atoms with Crippen molar-refractivity contribution >= 4 is 11.9 Å². The van der Waals surface area contributed by atoms with E-state index in [1.165, 1.54) is 12.8 Å². The number of carbonyl (C=O) groups excluding carboxylic acids is 1. The molecule has 1 N–H and O–H groups in total. The molecular weight excluding hydrogens is 242 g/mol. The van der Waals surface area contributed by atoms with Crippen LogP contribution < -0.4 is 0 Å². The van der Waals surface area contributed by atoms with E-state index in [1.54, 1.807) is 0 Å². The number of hydrogen-bond donors (Lipinski definition) is 1. The van der Waals surface area contributed by atoms with Crippen molar-refractivity contribution in [3.8, 4) is 0 Å². The third-order valence-electron chi connectivity index (χ3n) is 4.83. The first-order valence-corrected chi connectivity index (χ1v) is 7.53. The summed E-state index contributed by atoms with van der Waals surface area (Å²) in [5.74, 6) is 0.130. The van der Waals surface area contributed by atoms with Gasteiger partial charge in [-0.05, 0) is 31.1 Å². The van der Waals surface area contributed by atoms with Crippen molar-refractivity contribution in [2.24, 2.45) is 17.8 Å². The van der Waals surface area contributed by atoms with Crippen molar-refractivity contribution in [1.29, 1.82) is 0 Å². The molecule has 2 aliphatic rings. The zero-order valence-corrected chi connectivity index (χ0v) is 12.0. The molecule has 1 aliphatic heterocycles. The Morgan fingerprint density at radius 2 is 1.95 bits per heavy atom. The lowest BCUT2D eigenvalue weighted by atomic mass is 9.76. The van der Waals surface area contributed by atoms with Gasteiger partial charge in [-0.25, -0.2) is 0 Å². The van der Waals surface area contributed by atoms with Crippen molar-refractivity contribution in [3.05, 3.63) is 0 Å². The Morgan fingerprint density at radius 3 is 2.58 bits per heavy atom. The van der Waals surface area contributed by atoms with Crippen LogP contribution in [0.3, 0.4) is 0 Å². The second-order valence-electron chi connectivity index (χ2n) is 6.38. The van der Waals surface area contributed by atoms with Gasteiger partial charge in [0.25, 0.3) is 0 Å². The van der Waals surface area contributed by atoms with Crippen LogP contribution in [0.4, 0.5) is 0 Å². The Balaban J connectivity index is 2.12. The van der Waals surface area contributed by atoms with Crippen LogP contribution in [0.25, 0.3) is 0 Å². The van der Waals surface area contributed by atoms with Crippen molar-refractivity contribution in [1.82, 2.24) is 4.90 Å². The standard InChI is InChI=1S/C15H25NO3/c1-10(2)12-5-3-4-6-13(12)16-9-11(15(18)19)7-8-14(16)17/h10-13H,3-9H2,1-2H3,(H,18,19). The van der Waals surface area contributed by atoms with Gasteiger partial charge in [-0.3, -0.25) is 9.59 Å². The fourth-order valence-corrected chi connectivity index (χ4v) is 3.70. The third kappa shape index (κ3) is 3.10. The van der Waals surface area contributed by atoms with Gasteiger partial charge in [0.15, 0.2) is 0 Å². The van der Waals surface area contributed by atoms with Gasteiger partial charge in [0.1, 0.15) is 0 Å². The third-order valence-corrected chi connectivity index (χ3v) is 4.83. The number of rotatable bonds is 3. The van der Waals surface area contributed by atoms with E-state index in [2.05, 4.69) is 13.8 Å². The predicted octanol–water partition coefficient (Wildman–Crippen LogP) is 2.52. The first kappa shape index (κ1) is 14.4. The highest BCUT2D eigenvalue weighted by atomic mass is 16.4. The van der Waals surface area contributed by atoms with Crippen molar-refractivity contribution in [3.63, 3.8) is 0 Å². The van der Waals surface area contributed by atoms with Crippen molar-refractivity contribution in [2.75, 3.05) is 6.54 Å². The topological polar surface area (TPSA) is 57.6 Å². The number of nitrogens with zero attached hydrogens (tertiary/aromatic N) is 1. The lowest BCUT2D eigenvalue weighted by Crippen LogP contribution is -2.52. The Kier molecular flexibility index (Phi) is 4.48. The van der Waals surface area contributed by atoms with E-state index < -0.39 is 5.97 Å². The molecule has 2 fully saturated rings. The smallest absolute Gasteiger partial charge is 0.308 e. The maximum absolute atomic E-state index is 12.2. The summed E-state index contributed by atoms with van der Waals surface area (Å²) < 4.78 is 0. The quantitative estimate of drug-likeness (QED) is 0.854. The molecule has 0 radical (unpaired) electrons. The van der Waals surface area contributed by atoms with Gasteiger partial charge in [-0.15, -0.1) is 0 Å². The van der Waals surface area contributed by atoms with Gasteiger partial charge < -0.3 is 10.0 Å². The van der Waals surface area contributed by atoms with E-state index in [1.807, 2.05) is 4.90 Å². The van der Waals surface area contributed by atoms with E-state index in [9.17, 15) is 14.7 Å². The summed E-state index contributed by atoms with van der Waals surface area (Å²) in [6, 6.07) is 0.267. The second kappa shape index (κ2) is 5.93. The van der Waals surface area contributed by atoms with Gasteiger partial charge in [0.05, 0.1) is 5.92 Å². The molecule has 4 heteroatoms. The lowest BCUT2D eigenvalue weighted by molar-refractivity contribution is -0.150. The molecule has 108 valence electrons. The number of likely N-dealkylation sites (tertiary alicyclic amines) is 1.